The van der Waals surface area contributed by atoms with Crippen molar-refractivity contribution in [3.8, 4) is 0 Å². The van der Waals surface area contributed by atoms with Crippen molar-refractivity contribution >= 4 is 19.7 Å². The average molecular weight is 1250 g/mol. The third-order valence-electron chi connectivity index (χ3n) is 17.2. The number of allylic oxidation sites excluding steroid dienone is 7. The first-order valence-electron chi connectivity index (χ1n) is 38.0. The van der Waals surface area contributed by atoms with Crippen LogP contribution in [0.15, 0.2) is 48.6 Å². The molecule has 0 aromatic carbocycles. The van der Waals surface area contributed by atoms with E-state index in [0.29, 0.717) is 23.9 Å². The predicted molar refractivity (Wildman–Crippen MR) is 379 cm³/mol. The number of nitrogens with zero attached hydrogens (tertiary/aromatic N) is 1. The first-order valence-corrected chi connectivity index (χ1v) is 39.5. The molecule has 2 N–H and O–H groups in total. The summed E-state index contributed by atoms with van der Waals surface area (Å²) in [6, 6.07) is -0.848. The van der Waals surface area contributed by atoms with Gasteiger partial charge in [0.1, 0.15) is 19.3 Å². The Morgan fingerprint density at radius 3 is 1.07 bits per heavy atom. The third-order valence-corrected chi connectivity index (χ3v) is 18.2. The number of phosphoric acid groups is 1. The van der Waals surface area contributed by atoms with Crippen molar-refractivity contribution in [3.05, 3.63) is 48.6 Å². The van der Waals surface area contributed by atoms with Crippen LogP contribution in [-0.2, 0) is 27.9 Å². The van der Waals surface area contributed by atoms with Crippen LogP contribution in [0.2, 0.25) is 0 Å². The summed E-state index contributed by atoms with van der Waals surface area (Å²) < 4.78 is 30.9. The number of unbranched alkanes of at least 4 members (excludes halogenated alkanes) is 48. The monoisotopic (exact) mass is 1240 g/mol. The van der Waals surface area contributed by atoms with Crippen LogP contribution >= 0.6 is 7.82 Å². The van der Waals surface area contributed by atoms with Crippen LogP contribution in [0.4, 0.5) is 0 Å². The number of hydrogen-bond acceptors (Lipinski definition) is 6. The van der Waals surface area contributed by atoms with Gasteiger partial charge < -0.3 is 19.4 Å². The van der Waals surface area contributed by atoms with Gasteiger partial charge in [0.25, 0.3) is 0 Å². The fourth-order valence-electron chi connectivity index (χ4n) is 11.4. The number of likely N-dealkylation sites (N-methyl/N-ethyl adjacent to an activating group) is 1. The highest BCUT2D eigenvalue weighted by molar-refractivity contribution is 7.47. The van der Waals surface area contributed by atoms with Gasteiger partial charge in [0.15, 0.2) is 0 Å². The molecule has 0 radical (unpaired) electrons. The summed E-state index contributed by atoms with van der Waals surface area (Å²) in [5.41, 5.74) is 0. The number of hydrogen-bond donors (Lipinski definition) is 2. The van der Waals surface area contributed by atoms with Crippen LogP contribution in [0.25, 0.3) is 0 Å². The number of carbonyl (C=O) groups excluding carboxylic acids is 2. The first-order chi connectivity index (χ1) is 42.4. The lowest BCUT2D eigenvalue weighted by molar-refractivity contribution is -0.870. The van der Waals surface area contributed by atoms with Crippen molar-refractivity contribution in [1.29, 1.82) is 0 Å². The Balaban J connectivity index is 5.01. The van der Waals surface area contributed by atoms with Gasteiger partial charge in [-0.3, -0.25) is 18.6 Å². The quantitative estimate of drug-likeness (QED) is 0.0205. The number of carbonyl (C=O) groups is 2. The lowest BCUT2D eigenvalue weighted by Gasteiger charge is -2.27. The Bertz CT molecular complexity index is 1620. The molecule has 0 aliphatic heterocycles. The van der Waals surface area contributed by atoms with Crippen LogP contribution in [0, 0.1) is 0 Å². The molecule has 1 amide bonds. The van der Waals surface area contributed by atoms with E-state index in [1.165, 1.54) is 283 Å². The molecule has 3 unspecified atom stereocenters. The van der Waals surface area contributed by atoms with Crippen LogP contribution < -0.4 is 5.32 Å². The Morgan fingerprint density at radius 1 is 0.402 bits per heavy atom. The number of nitrogens with one attached hydrogen (secondary N) is 1. The summed E-state index contributed by atoms with van der Waals surface area (Å²) in [5, 5.41) is 3.08. The summed E-state index contributed by atoms with van der Waals surface area (Å²) in [4.78, 5) is 38.0. The molecule has 3 atom stereocenters. The second-order valence-electron chi connectivity index (χ2n) is 27.2. The number of ether oxygens (including phenoxy) is 1. The van der Waals surface area contributed by atoms with Gasteiger partial charge in [-0.05, 0) is 89.5 Å². The molecule has 0 rings (SSSR count). The van der Waals surface area contributed by atoms with Crippen LogP contribution in [-0.4, -0.2) is 74.3 Å². The molecule has 0 heterocycles. The van der Waals surface area contributed by atoms with E-state index >= 15 is 0 Å². The third kappa shape index (κ3) is 68.2. The van der Waals surface area contributed by atoms with E-state index in [-0.39, 0.29) is 25.1 Å². The summed E-state index contributed by atoms with van der Waals surface area (Å²) in [7, 11) is 1.51. The molecule has 0 aromatic rings. The predicted octanol–water partition coefficient (Wildman–Crippen LogP) is 24.4. The molecule has 0 aliphatic rings. The number of phosphoric ester groups is 1. The largest absolute Gasteiger partial charge is 0.472 e. The summed E-state index contributed by atoms with van der Waals surface area (Å²) in [5.74, 6) is -0.485. The highest BCUT2D eigenvalue weighted by atomic mass is 31.2. The molecule has 0 bridgehead atoms. The van der Waals surface area contributed by atoms with Crippen molar-refractivity contribution in [2.75, 3.05) is 40.9 Å². The summed E-state index contributed by atoms with van der Waals surface area (Å²) in [6.45, 7) is 7.05. The molecule has 0 saturated carbocycles. The van der Waals surface area contributed by atoms with Crippen molar-refractivity contribution in [2.24, 2.45) is 0 Å². The molecular formula is C77H148N2O7P+. The van der Waals surface area contributed by atoms with E-state index < -0.39 is 20.0 Å². The number of rotatable bonds is 70. The molecule has 0 saturated heterocycles. The average Bonchev–Trinajstić information content (AvgIpc) is 3.70. The Hall–Kier alpha value is -2.03. The number of quaternary nitrogens is 1. The van der Waals surface area contributed by atoms with E-state index in [1.54, 1.807) is 0 Å². The highest BCUT2D eigenvalue weighted by Crippen LogP contribution is 2.43. The minimum Gasteiger partial charge on any atom is -0.456 e. The van der Waals surface area contributed by atoms with Gasteiger partial charge in [0.05, 0.1) is 33.8 Å². The molecule has 0 spiro atoms. The molecular weight excluding hydrogens is 1100 g/mol. The van der Waals surface area contributed by atoms with Crippen molar-refractivity contribution in [2.45, 2.75) is 392 Å². The second kappa shape index (κ2) is 66.9. The standard InChI is InChI=1S/C77H147N2O7P/c1-7-10-13-16-19-22-25-28-30-32-34-36-38-39-41-43-45-47-49-52-55-58-61-64-67-70-77(81)86-75(68-65-62-59-56-53-50-27-24-21-18-15-12-9-3)74(73-85-87(82,83)84-72-71-79(4,5)6)78-76(80)69-66-63-60-57-54-51-48-46-44-42-40-37-35-33-31-29-26-23-20-17-14-11-8-2/h19,22,28-31,65,68,74-75H,7-18,20-21,23-27,32-64,66-67,69-73H2,1-6H3,(H-,78,80,82,83)/p+1/b22-19-,30-28-,31-29+,68-65+. The van der Waals surface area contributed by atoms with Gasteiger partial charge in [-0.1, -0.05) is 327 Å². The molecule has 87 heavy (non-hydrogen) atoms. The van der Waals surface area contributed by atoms with E-state index in [9.17, 15) is 19.0 Å². The van der Waals surface area contributed by atoms with E-state index in [1.807, 2.05) is 27.2 Å². The minimum atomic E-state index is -4.46. The van der Waals surface area contributed by atoms with E-state index in [2.05, 4.69) is 68.6 Å². The van der Waals surface area contributed by atoms with Gasteiger partial charge in [0.2, 0.25) is 5.91 Å². The summed E-state index contributed by atoms with van der Waals surface area (Å²) in [6.07, 6.45) is 85.6. The van der Waals surface area contributed by atoms with Crippen molar-refractivity contribution < 1.29 is 37.3 Å². The number of amides is 1. The number of esters is 1. The van der Waals surface area contributed by atoms with Crippen LogP contribution in [0.5, 0.6) is 0 Å². The zero-order chi connectivity index (χ0) is 63.5. The van der Waals surface area contributed by atoms with E-state index in [0.717, 1.165) is 64.2 Å². The molecule has 0 aromatic heterocycles. The van der Waals surface area contributed by atoms with E-state index in [4.69, 9.17) is 13.8 Å². The topological polar surface area (TPSA) is 111 Å². The van der Waals surface area contributed by atoms with Gasteiger partial charge >= 0.3 is 13.8 Å². The highest BCUT2D eigenvalue weighted by Gasteiger charge is 2.30. The van der Waals surface area contributed by atoms with Gasteiger partial charge in [0, 0.05) is 12.8 Å². The Labute approximate surface area is 541 Å². The molecule has 9 nitrogen and oxygen atoms in total. The second-order valence-corrected chi connectivity index (χ2v) is 28.6. The maximum absolute atomic E-state index is 13.6. The van der Waals surface area contributed by atoms with Crippen LogP contribution in [0.3, 0.4) is 0 Å². The zero-order valence-electron chi connectivity index (χ0n) is 58.8. The van der Waals surface area contributed by atoms with Gasteiger partial charge in [-0.15, -0.1) is 0 Å². The fourth-order valence-corrected chi connectivity index (χ4v) is 12.1. The fraction of sp³-hybridized carbons (Fsp3) is 0.870. The van der Waals surface area contributed by atoms with Gasteiger partial charge in [-0.25, -0.2) is 4.57 Å². The molecule has 0 fully saturated rings. The lowest BCUT2D eigenvalue weighted by atomic mass is 10.0. The maximum Gasteiger partial charge on any atom is 0.472 e. The maximum atomic E-state index is 13.6. The Morgan fingerprint density at radius 2 is 0.701 bits per heavy atom. The Kier molecular flexibility index (Phi) is 65.3. The zero-order valence-corrected chi connectivity index (χ0v) is 59.7. The molecule has 0 aliphatic carbocycles. The summed E-state index contributed by atoms with van der Waals surface area (Å²) >= 11 is 0. The molecule has 10 heteroatoms. The van der Waals surface area contributed by atoms with Crippen molar-refractivity contribution in [3.63, 3.8) is 0 Å². The van der Waals surface area contributed by atoms with Crippen LogP contribution in [0.1, 0.15) is 380 Å². The molecule has 512 valence electrons. The first kappa shape index (κ1) is 85.0. The smallest absolute Gasteiger partial charge is 0.456 e. The van der Waals surface area contributed by atoms with Gasteiger partial charge in [-0.2, -0.15) is 0 Å². The lowest BCUT2D eigenvalue weighted by Crippen LogP contribution is -2.47. The normalized spacial score (nSPS) is 13.7. The SMILES string of the molecule is CCCCC/C=C\C/C=C\CCCCCCCCCCCCCCCCCC(=O)OC(/C=C/CCCCCCCCCCCCC)C(COP(=O)(O)OCC[N+](C)(C)C)NC(=O)CCCCCCCCCCCCCCC/C=C/CCCCCCCC. The minimum absolute atomic E-state index is 0.0423. The van der Waals surface area contributed by atoms with Crippen molar-refractivity contribution in [1.82, 2.24) is 5.32 Å².